The highest BCUT2D eigenvalue weighted by Crippen LogP contribution is 2.46. The van der Waals surface area contributed by atoms with Gasteiger partial charge in [0, 0.05) is 32.8 Å². The summed E-state index contributed by atoms with van der Waals surface area (Å²) in [4.78, 5) is 10.8. The first kappa shape index (κ1) is 33.3. The summed E-state index contributed by atoms with van der Waals surface area (Å²) in [5.41, 5.74) is 13.7. The normalized spacial score (nSPS) is 11.7. The van der Waals surface area contributed by atoms with Crippen molar-refractivity contribution < 1.29 is 0 Å². The fourth-order valence-electron chi connectivity index (χ4n) is 9.36. The van der Waals surface area contributed by atoms with E-state index in [0.717, 1.165) is 55.7 Å². The van der Waals surface area contributed by atoms with Crippen molar-refractivity contribution in [2.24, 2.45) is 0 Å². The highest BCUT2D eigenvalue weighted by atomic mass is 15.0. The molecule has 0 spiro atoms. The summed E-state index contributed by atoms with van der Waals surface area (Å²) in [5.74, 6) is 0. The van der Waals surface area contributed by atoms with Crippen LogP contribution in [0.15, 0.2) is 212 Å². The Labute approximate surface area is 341 Å². The Balaban J connectivity index is 1.16. The number of aromatic nitrogens is 3. The molecule has 59 heavy (non-hydrogen) atoms. The van der Waals surface area contributed by atoms with Gasteiger partial charge in [0.25, 0.3) is 0 Å². The van der Waals surface area contributed by atoms with Crippen LogP contribution in [0.25, 0.3) is 116 Å². The van der Waals surface area contributed by atoms with Crippen molar-refractivity contribution in [3.8, 4) is 50.5 Å². The summed E-state index contributed by atoms with van der Waals surface area (Å²) >= 11 is 0. The van der Waals surface area contributed by atoms with Crippen LogP contribution in [-0.2, 0) is 0 Å². The van der Waals surface area contributed by atoms with Crippen molar-refractivity contribution in [1.29, 1.82) is 0 Å². The molecule has 0 saturated carbocycles. The third-order valence-electron chi connectivity index (χ3n) is 12.0. The maximum atomic E-state index is 5.49. The second kappa shape index (κ2) is 13.4. The first-order chi connectivity index (χ1) is 29.3. The fourth-order valence-corrected chi connectivity index (χ4v) is 9.36. The minimum Gasteiger partial charge on any atom is -0.309 e. The maximum absolute atomic E-state index is 5.49. The Morgan fingerprint density at radius 2 is 0.881 bits per heavy atom. The molecule has 2 aromatic heterocycles. The number of hydrogen-bond donors (Lipinski definition) is 0. The van der Waals surface area contributed by atoms with E-state index in [1.54, 1.807) is 0 Å². The molecule has 3 heteroatoms. The Morgan fingerprint density at radius 1 is 0.322 bits per heavy atom. The molecule has 12 aromatic rings. The number of benzene rings is 10. The van der Waals surface area contributed by atoms with Gasteiger partial charge in [-0.3, -0.25) is 0 Å². The zero-order valence-electron chi connectivity index (χ0n) is 32.0. The topological polar surface area (TPSA) is 30.7 Å². The number of nitrogens with zero attached hydrogens (tertiary/aromatic N) is 3. The maximum Gasteiger partial charge on any atom is 0.0973 e. The number of para-hydroxylation sites is 1. The van der Waals surface area contributed by atoms with Gasteiger partial charge in [-0.2, -0.15) is 0 Å². The van der Waals surface area contributed by atoms with Crippen molar-refractivity contribution in [3.05, 3.63) is 212 Å². The van der Waals surface area contributed by atoms with E-state index < -0.39 is 0 Å². The first-order valence-corrected chi connectivity index (χ1v) is 20.2. The molecule has 0 radical (unpaired) electrons. The molecule has 0 N–H and O–H groups in total. The van der Waals surface area contributed by atoms with Crippen LogP contribution in [0.2, 0.25) is 0 Å². The molecule has 0 bridgehead atoms. The fraction of sp³-hybridized carbons (Fsp3) is 0. The summed E-state index contributed by atoms with van der Waals surface area (Å²) in [6.07, 6.45) is 0. The highest BCUT2D eigenvalue weighted by molar-refractivity contribution is 6.30. The molecular formula is C56H35N3. The average molecular weight is 750 g/mol. The Bertz CT molecular complexity index is 3590. The quantitative estimate of drug-likeness (QED) is 0.175. The third kappa shape index (κ3) is 5.22. The van der Waals surface area contributed by atoms with Crippen molar-refractivity contribution >= 4 is 65.2 Å². The molecule has 0 amide bonds. The van der Waals surface area contributed by atoms with Crippen LogP contribution in [0.4, 0.5) is 0 Å². The predicted octanol–water partition coefficient (Wildman–Crippen LogP) is 14.9. The van der Waals surface area contributed by atoms with Crippen molar-refractivity contribution in [2.75, 3.05) is 0 Å². The molecule has 0 aliphatic heterocycles. The zero-order chi connectivity index (χ0) is 38.9. The molecule has 0 saturated heterocycles. The summed E-state index contributed by atoms with van der Waals surface area (Å²) < 4.78 is 2.50. The van der Waals surface area contributed by atoms with Crippen molar-refractivity contribution in [2.45, 2.75) is 0 Å². The van der Waals surface area contributed by atoms with E-state index in [0.29, 0.717) is 0 Å². The van der Waals surface area contributed by atoms with Gasteiger partial charge >= 0.3 is 0 Å². The van der Waals surface area contributed by atoms with E-state index in [2.05, 4.69) is 205 Å². The molecule has 12 rings (SSSR count). The molecule has 0 fully saturated rings. The molecular weight excluding hydrogens is 715 g/mol. The molecule has 0 aliphatic carbocycles. The van der Waals surface area contributed by atoms with Gasteiger partial charge in [0.1, 0.15) is 0 Å². The largest absolute Gasteiger partial charge is 0.309 e. The van der Waals surface area contributed by atoms with Gasteiger partial charge in [-0.1, -0.05) is 188 Å². The van der Waals surface area contributed by atoms with Crippen LogP contribution < -0.4 is 0 Å². The lowest BCUT2D eigenvalue weighted by molar-refractivity contribution is 1.20. The Morgan fingerprint density at radius 3 is 1.59 bits per heavy atom. The zero-order valence-corrected chi connectivity index (χ0v) is 32.0. The van der Waals surface area contributed by atoms with Gasteiger partial charge < -0.3 is 4.57 Å². The molecule has 0 aliphatic rings. The SMILES string of the molecule is c1ccc(-c2nc3cccc(-c4ccc(-n5c6ccc7ccccc7c6c6c7ccccc7c(-c7ccccc7)cc65)c5ccccc45)c3nc2-c2ccccc2)cc1. The van der Waals surface area contributed by atoms with Gasteiger partial charge in [-0.05, 0) is 67.9 Å². The summed E-state index contributed by atoms with van der Waals surface area (Å²) in [7, 11) is 0. The summed E-state index contributed by atoms with van der Waals surface area (Å²) in [5, 5.41) is 9.86. The van der Waals surface area contributed by atoms with E-state index in [-0.39, 0.29) is 0 Å². The van der Waals surface area contributed by atoms with Gasteiger partial charge in [-0.15, -0.1) is 0 Å². The standard InChI is InChI=1S/C56H35N3/c1-4-17-36(18-5-1)47-35-51-53(45-28-15-13-26-42(45)47)52-40-24-11-10-19-37(40)31-33-50(52)59(51)49-34-32-43(41-25-12-14-27-44(41)49)46-29-16-30-48-56(46)58-55(39-22-8-3-9-23-39)54(57-48)38-20-6-2-7-21-38/h1-35H. The van der Waals surface area contributed by atoms with Crippen LogP contribution in [0.5, 0.6) is 0 Å². The van der Waals surface area contributed by atoms with E-state index in [1.165, 1.54) is 59.9 Å². The van der Waals surface area contributed by atoms with E-state index in [4.69, 9.17) is 9.97 Å². The second-order valence-electron chi connectivity index (χ2n) is 15.3. The summed E-state index contributed by atoms with van der Waals surface area (Å²) in [6, 6.07) is 76.1. The van der Waals surface area contributed by atoms with Gasteiger partial charge in [0.15, 0.2) is 0 Å². The van der Waals surface area contributed by atoms with E-state index in [1.807, 2.05) is 12.1 Å². The van der Waals surface area contributed by atoms with Crippen LogP contribution in [0.3, 0.4) is 0 Å². The molecule has 0 atom stereocenters. The van der Waals surface area contributed by atoms with Crippen molar-refractivity contribution in [1.82, 2.24) is 14.5 Å². The van der Waals surface area contributed by atoms with Crippen LogP contribution in [-0.4, -0.2) is 14.5 Å². The molecule has 2 heterocycles. The molecule has 0 unspecified atom stereocenters. The predicted molar refractivity (Wildman–Crippen MR) is 248 cm³/mol. The number of fused-ring (bicyclic) bond motifs is 9. The van der Waals surface area contributed by atoms with Gasteiger partial charge in [0.05, 0.1) is 39.1 Å². The monoisotopic (exact) mass is 749 g/mol. The summed E-state index contributed by atoms with van der Waals surface area (Å²) in [6.45, 7) is 0. The lowest BCUT2D eigenvalue weighted by Crippen LogP contribution is -1.99. The van der Waals surface area contributed by atoms with Crippen LogP contribution in [0, 0.1) is 0 Å². The third-order valence-corrected chi connectivity index (χ3v) is 12.0. The molecule has 3 nitrogen and oxygen atoms in total. The van der Waals surface area contributed by atoms with Crippen LogP contribution >= 0.6 is 0 Å². The van der Waals surface area contributed by atoms with Gasteiger partial charge in [0.2, 0.25) is 0 Å². The van der Waals surface area contributed by atoms with Gasteiger partial charge in [-0.25, -0.2) is 9.97 Å². The lowest BCUT2D eigenvalue weighted by atomic mass is 9.93. The lowest BCUT2D eigenvalue weighted by Gasteiger charge is -2.17. The second-order valence-corrected chi connectivity index (χ2v) is 15.3. The Kier molecular flexibility index (Phi) is 7.54. The minimum absolute atomic E-state index is 0.865. The highest BCUT2D eigenvalue weighted by Gasteiger charge is 2.22. The average Bonchev–Trinajstić information content (AvgIpc) is 3.66. The first-order valence-electron chi connectivity index (χ1n) is 20.2. The number of rotatable bonds is 5. The Hall–Kier alpha value is -7.88. The molecule has 10 aromatic carbocycles. The van der Waals surface area contributed by atoms with E-state index in [9.17, 15) is 0 Å². The van der Waals surface area contributed by atoms with Crippen molar-refractivity contribution in [3.63, 3.8) is 0 Å². The number of hydrogen-bond acceptors (Lipinski definition) is 2. The van der Waals surface area contributed by atoms with Crippen LogP contribution in [0.1, 0.15) is 0 Å². The smallest absolute Gasteiger partial charge is 0.0973 e. The van der Waals surface area contributed by atoms with E-state index >= 15 is 0 Å². The molecule has 274 valence electrons. The minimum atomic E-state index is 0.865.